The second-order valence-electron chi connectivity index (χ2n) is 6.22. The molecule has 2 aromatic carbocycles. The summed E-state index contributed by atoms with van der Waals surface area (Å²) >= 11 is 6.14. The van der Waals surface area contributed by atoms with Crippen molar-refractivity contribution in [1.82, 2.24) is 0 Å². The summed E-state index contributed by atoms with van der Waals surface area (Å²) in [7, 11) is -3.76. The first-order valence-electron chi connectivity index (χ1n) is 8.24. The molecular weight excluding hydrogens is 376 g/mol. The topological polar surface area (TPSA) is 66.9 Å². The normalized spacial score (nSPS) is 16.1. The molecule has 0 unspecified atom stereocenters. The third kappa shape index (κ3) is 2.62. The van der Waals surface area contributed by atoms with E-state index < -0.39 is 10.0 Å². The first-order valence-corrected chi connectivity index (χ1v) is 10.1. The minimum absolute atomic E-state index is 0.0453. The van der Waals surface area contributed by atoms with Gasteiger partial charge in [0.05, 0.1) is 22.2 Å². The molecule has 2 heterocycles. The van der Waals surface area contributed by atoms with Gasteiger partial charge in [-0.1, -0.05) is 17.7 Å². The zero-order valence-corrected chi connectivity index (χ0v) is 15.7. The highest BCUT2D eigenvalue weighted by Crippen LogP contribution is 2.40. The highest BCUT2D eigenvalue weighted by Gasteiger charge is 2.32. The maximum atomic E-state index is 13.2. The van der Waals surface area contributed by atoms with E-state index in [1.54, 1.807) is 41.3 Å². The summed E-state index contributed by atoms with van der Waals surface area (Å²) in [5, 5.41) is 0.383. The van der Waals surface area contributed by atoms with Crippen molar-refractivity contribution in [3.63, 3.8) is 0 Å². The monoisotopic (exact) mass is 392 g/mol. The van der Waals surface area contributed by atoms with Crippen molar-refractivity contribution >= 4 is 38.9 Å². The molecule has 0 radical (unpaired) electrons. The third-order valence-corrected chi connectivity index (χ3v) is 6.78. The number of fused-ring (bicyclic) bond motifs is 2. The Kier molecular flexibility index (Phi) is 4.08. The van der Waals surface area contributed by atoms with Gasteiger partial charge in [-0.25, -0.2) is 8.42 Å². The highest BCUT2D eigenvalue weighted by molar-refractivity contribution is 7.92. The average molecular weight is 393 g/mol. The van der Waals surface area contributed by atoms with Gasteiger partial charge in [-0.3, -0.25) is 9.10 Å². The second kappa shape index (κ2) is 6.17. The predicted octanol–water partition coefficient (Wildman–Crippen LogP) is 2.84. The third-order valence-electron chi connectivity index (χ3n) is 4.67. The molecule has 6 nitrogen and oxygen atoms in total. The number of ether oxygens (including phenoxy) is 1. The van der Waals surface area contributed by atoms with Crippen LogP contribution in [0.15, 0.2) is 41.3 Å². The van der Waals surface area contributed by atoms with E-state index in [-0.39, 0.29) is 24.0 Å². The second-order valence-corrected chi connectivity index (χ2v) is 8.49. The summed E-state index contributed by atoms with van der Waals surface area (Å²) in [5.41, 5.74) is 2.08. The first kappa shape index (κ1) is 17.2. The molecule has 0 N–H and O–H groups in total. The average Bonchev–Trinajstić information content (AvgIpc) is 3.05. The molecule has 0 fully saturated rings. The zero-order chi connectivity index (χ0) is 18.5. The molecule has 136 valence electrons. The van der Waals surface area contributed by atoms with Crippen molar-refractivity contribution < 1.29 is 17.9 Å². The van der Waals surface area contributed by atoms with Crippen LogP contribution < -0.4 is 13.9 Å². The molecule has 0 aromatic heterocycles. The van der Waals surface area contributed by atoms with Gasteiger partial charge < -0.3 is 9.64 Å². The Hall–Kier alpha value is -2.25. The van der Waals surface area contributed by atoms with Gasteiger partial charge in [-0.15, -0.1) is 0 Å². The van der Waals surface area contributed by atoms with E-state index in [0.29, 0.717) is 29.4 Å². The van der Waals surface area contributed by atoms with Gasteiger partial charge >= 0.3 is 0 Å². The van der Waals surface area contributed by atoms with E-state index in [1.165, 1.54) is 11.2 Å². The van der Waals surface area contributed by atoms with Gasteiger partial charge in [-0.2, -0.15) is 0 Å². The molecule has 0 saturated heterocycles. The number of para-hydroxylation sites is 1. The van der Waals surface area contributed by atoms with E-state index in [9.17, 15) is 13.2 Å². The summed E-state index contributed by atoms with van der Waals surface area (Å²) in [6.45, 7) is 2.53. The fourth-order valence-corrected chi connectivity index (χ4v) is 5.16. The minimum Gasteiger partial charge on any atom is -0.488 e. The van der Waals surface area contributed by atoms with Crippen LogP contribution in [-0.2, 0) is 21.2 Å². The number of anilines is 2. The fraction of sp³-hybridized carbons (Fsp3) is 0.278. The largest absolute Gasteiger partial charge is 0.488 e. The van der Waals surface area contributed by atoms with Crippen LogP contribution in [0.3, 0.4) is 0 Å². The zero-order valence-electron chi connectivity index (χ0n) is 14.1. The number of amides is 1. The van der Waals surface area contributed by atoms with Gasteiger partial charge in [0.15, 0.2) is 5.75 Å². The standard InChI is InChI=1S/C18H17ClN2O4S/c1-12(22)20-8-7-13-11-14(5-6-16(13)20)26(23,24)21-9-10-25-18-15(19)3-2-4-17(18)21/h2-6,11H,7-10H2,1H3. The summed E-state index contributed by atoms with van der Waals surface area (Å²) < 4.78 is 33.3. The Bertz CT molecular complexity index is 1010. The van der Waals surface area contributed by atoms with Gasteiger partial charge in [0.2, 0.25) is 5.91 Å². The van der Waals surface area contributed by atoms with Crippen LogP contribution >= 0.6 is 11.6 Å². The Morgan fingerprint density at radius 2 is 1.96 bits per heavy atom. The molecule has 0 spiro atoms. The summed E-state index contributed by atoms with van der Waals surface area (Å²) in [6.07, 6.45) is 0.643. The molecule has 2 aliphatic rings. The number of hydrogen-bond acceptors (Lipinski definition) is 4. The van der Waals surface area contributed by atoms with Crippen molar-refractivity contribution in [1.29, 1.82) is 0 Å². The maximum absolute atomic E-state index is 13.2. The molecule has 26 heavy (non-hydrogen) atoms. The molecule has 8 heteroatoms. The van der Waals surface area contributed by atoms with Gasteiger partial charge in [0, 0.05) is 19.2 Å². The minimum atomic E-state index is -3.76. The number of carbonyl (C=O) groups is 1. The van der Waals surface area contributed by atoms with E-state index in [1.807, 2.05) is 0 Å². The number of sulfonamides is 1. The Morgan fingerprint density at radius 3 is 2.73 bits per heavy atom. The van der Waals surface area contributed by atoms with Gasteiger partial charge in [-0.05, 0) is 42.3 Å². The molecule has 2 aliphatic heterocycles. The van der Waals surface area contributed by atoms with Crippen molar-refractivity contribution in [3.05, 3.63) is 47.0 Å². The lowest BCUT2D eigenvalue weighted by Crippen LogP contribution is -2.38. The number of benzene rings is 2. The van der Waals surface area contributed by atoms with Crippen LogP contribution in [0, 0.1) is 0 Å². The number of halogens is 1. The predicted molar refractivity (Wildman–Crippen MR) is 99.7 cm³/mol. The van der Waals surface area contributed by atoms with Crippen LogP contribution in [0.25, 0.3) is 0 Å². The number of rotatable bonds is 2. The fourth-order valence-electron chi connectivity index (χ4n) is 3.43. The molecular formula is C18H17ClN2O4S. The Morgan fingerprint density at radius 1 is 1.15 bits per heavy atom. The smallest absolute Gasteiger partial charge is 0.264 e. The van der Waals surface area contributed by atoms with Crippen molar-refractivity contribution in [2.75, 3.05) is 28.9 Å². The van der Waals surface area contributed by atoms with Crippen molar-refractivity contribution in [2.24, 2.45) is 0 Å². The lowest BCUT2D eigenvalue weighted by atomic mass is 10.2. The van der Waals surface area contributed by atoms with E-state index in [0.717, 1.165) is 11.3 Å². The SMILES string of the molecule is CC(=O)N1CCc2cc(S(=O)(=O)N3CCOc4c(Cl)cccc43)ccc21. The van der Waals surface area contributed by atoms with Crippen LogP contribution in [0.2, 0.25) is 5.02 Å². The lowest BCUT2D eigenvalue weighted by Gasteiger charge is -2.31. The van der Waals surface area contributed by atoms with Crippen LogP contribution in [0.4, 0.5) is 11.4 Å². The molecule has 0 bridgehead atoms. The highest BCUT2D eigenvalue weighted by atomic mass is 35.5. The number of carbonyl (C=O) groups excluding carboxylic acids is 1. The van der Waals surface area contributed by atoms with E-state index in [4.69, 9.17) is 16.3 Å². The number of nitrogens with zero attached hydrogens (tertiary/aromatic N) is 2. The van der Waals surface area contributed by atoms with Crippen LogP contribution in [0.1, 0.15) is 12.5 Å². The summed E-state index contributed by atoms with van der Waals surface area (Å²) in [6, 6.07) is 9.97. The lowest BCUT2D eigenvalue weighted by molar-refractivity contribution is -0.116. The van der Waals surface area contributed by atoms with Gasteiger partial charge in [0.25, 0.3) is 10.0 Å². The van der Waals surface area contributed by atoms with E-state index >= 15 is 0 Å². The number of hydrogen-bond donors (Lipinski definition) is 0. The molecule has 0 atom stereocenters. The Labute approximate surface area is 157 Å². The van der Waals surface area contributed by atoms with Gasteiger partial charge in [0.1, 0.15) is 6.61 Å². The summed E-state index contributed by atoms with van der Waals surface area (Å²) in [5.74, 6) is 0.337. The quantitative estimate of drug-likeness (QED) is 0.788. The summed E-state index contributed by atoms with van der Waals surface area (Å²) in [4.78, 5) is 13.5. The van der Waals surface area contributed by atoms with Crippen molar-refractivity contribution in [3.8, 4) is 5.75 Å². The molecule has 4 rings (SSSR count). The first-order chi connectivity index (χ1) is 12.4. The van der Waals surface area contributed by atoms with Crippen LogP contribution in [-0.4, -0.2) is 34.0 Å². The Balaban J connectivity index is 1.76. The molecule has 1 amide bonds. The maximum Gasteiger partial charge on any atom is 0.264 e. The van der Waals surface area contributed by atoms with E-state index in [2.05, 4.69) is 0 Å². The molecule has 0 aliphatic carbocycles. The molecule has 0 saturated carbocycles. The molecule has 2 aromatic rings. The van der Waals surface area contributed by atoms with Crippen molar-refractivity contribution in [2.45, 2.75) is 18.2 Å². The van der Waals surface area contributed by atoms with Crippen LogP contribution in [0.5, 0.6) is 5.75 Å².